The van der Waals surface area contributed by atoms with Gasteiger partial charge in [-0.15, -0.1) is 0 Å². The van der Waals surface area contributed by atoms with Crippen molar-refractivity contribution in [2.24, 2.45) is 0 Å². The normalized spacial score (nSPS) is 9.76. The first-order chi connectivity index (χ1) is 8.22. The first kappa shape index (κ1) is 13.2. The van der Waals surface area contributed by atoms with Crippen LogP contribution in [0.5, 0.6) is 0 Å². The molecule has 0 atom stereocenters. The number of amides is 1. The summed E-state index contributed by atoms with van der Waals surface area (Å²) in [4.78, 5) is 28.3. The zero-order valence-electron chi connectivity index (χ0n) is 10.1. The molecule has 0 radical (unpaired) electrons. The van der Waals surface area contributed by atoms with Crippen molar-refractivity contribution in [1.29, 1.82) is 0 Å². The number of likely N-dealkylation sites (N-methyl/N-ethyl adjacent to an activating group) is 2. The van der Waals surface area contributed by atoms with Gasteiger partial charge in [-0.3, -0.25) is 9.59 Å². The molecule has 1 aromatic rings. The maximum atomic E-state index is 11.5. The molecular weight excluding hydrogens is 218 g/mol. The third-order valence-corrected chi connectivity index (χ3v) is 2.33. The summed E-state index contributed by atoms with van der Waals surface area (Å²) in [5.41, 5.74) is 0.499. The minimum absolute atomic E-state index is 0.0724. The molecule has 0 aliphatic carbocycles. The van der Waals surface area contributed by atoms with Gasteiger partial charge in [-0.2, -0.15) is 0 Å². The third kappa shape index (κ3) is 3.55. The van der Waals surface area contributed by atoms with E-state index in [-0.39, 0.29) is 12.5 Å². The van der Waals surface area contributed by atoms with Gasteiger partial charge >= 0.3 is 0 Å². The second kappa shape index (κ2) is 6.62. The van der Waals surface area contributed by atoms with E-state index < -0.39 is 0 Å². The Kier molecular flexibility index (Phi) is 5.13. The van der Waals surface area contributed by atoms with Gasteiger partial charge in [0.15, 0.2) is 6.29 Å². The average Bonchev–Trinajstić information content (AvgIpc) is 2.36. The number of carbonyl (C=O) groups excluding carboxylic acids is 2. The van der Waals surface area contributed by atoms with E-state index in [1.165, 1.54) is 0 Å². The number of carbonyl (C=O) groups is 2. The quantitative estimate of drug-likeness (QED) is 0.743. The monoisotopic (exact) mass is 235 g/mol. The topological polar surface area (TPSA) is 62.3 Å². The van der Waals surface area contributed by atoms with Crippen LogP contribution in [0.2, 0.25) is 0 Å². The molecule has 0 aliphatic heterocycles. The second-order valence-electron chi connectivity index (χ2n) is 3.50. The molecule has 0 bridgehead atoms. The number of pyridine rings is 1. The van der Waals surface area contributed by atoms with E-state index in [0.29, 0.717) is 24.5 Å². The van der Waals surface area contributed by atoms with Crippen LogP contribution < -0.4 is 10.2 Å². The molecule has 0 aromatic carbocycles. The molecule has 1 N–H and O–H groups in total. The molecule has 0 spiro atoms. The van der Waals surface area contributed by atoms with Crippen LogP contribution in [-0.2, 0) is 4.79 Å². The molecule has 0 saturated heterocycles. The Morgan fingerprint density at radius 3 is 2.88 bits per heavy atom. The smallest absolute Gasteiger partial charge is 0.239 e. The summed E-state index contributed by atoms with van der Waals surface area (Å²) >= 11 is 0. The zero-order valence-corrected chi connectivity index (χ0v) is 10.1. The Balaban J connectivity index is 2.85. The number of aromatic nitrogens is 1. The van der Waals surface area contributed by atoms with Gasteiger partial charge in [0.05, 0.1) is 12.1 Å². The maximum absolute atomic E-state index is 11.5. The fraction of sp³-hybridized carbons (Fsp3) is 0.417. The van der Waals surface area contributed by atoms with Crippen molar-refractivity contribution in [3.8, 4) is 0 Å². The van der Waals surface area contributed by atoms with Gasteiger partial charge in [-0.25, -0.2) is 4.98 Å². The predicted molar refractivity (Wildman–Crippen MR) is 66.2 cm³/mol. The molecule has 5 nitrogen and oxygen atoms in total. The lowest BCUT2D eigenvalue weighted by molar-refractivity contribution is -0.119. The molecule has 1 rings (SSSR count). The van der Waals surface area contributed by atoms with Gasteiger partial charge in [-0.05, 0) is 26.0 Å². The highest BCUT2D eigenvalue weighted by Gasteiger charge is 2.13. The van der Waals surface area contributed by atoms with E-state index in [0.717, 1.165) is 6.29 Å². The molecule has 1 aromatic heterocycles. The molecule has 5 heteroatoms. The van der Waals surface area contributed by atoms with Crippen molar-refractivity contribution in [3.05, 3.63) is 23.9 Å². The minimum atomic E-state index is -0.0724. The van der Waals surface area contributed by atoms with Crippen LogP contribution >= 0.6 is 0 Å². The summed E-state index contributed by atoms with van der Waals surface area (Å²) in [6.07, 6.45) is 2.37. The Morgan fingerprint density at radius 1 is 1.53 bits per heavy atom. The zero-order chi connectivity index (χ0) is 12.7. The molecule has 1 amide bonds. The van der Waals surface area contributed by atoms with E-state index in [9.17, 15) is 9.59 Å². The van der Waals surface area contributed by atoms with Crippen molar-refractivity contribution in [2.45, 2.75) is 13.8 Å². The highest BCUT2D eigenvalue weighted by atomic mass is 16.2. The average molecular weight is 235 g/mol. The summed E-state index contributed by atoms with van der Waals surface area (Å²) < 4.78 is 0. The summed E-state index contributed by atoms with van der Waals surface area (Å²) in [7, 11) is 0. The summed E-state index contributed by atoms with van der Waals surface area (Å²) in [5.74, 6) is 0.480. The van der Waals surface area contributed by atoms with Crippen molar-refractivity contribution < 1.29 is 9.59 Å². The highest BCUT2D eigenvalue weighted by Crippen LogP contribution is 2.14. The lowest BCUT2D eigenvalue weighted by atomic mass is 10.2. The van der Waals surface area contributed by atoms with Gasteiger partial charge in [0, 0.05) is 19.3 Å². The Labute approximate surface area is 101 Å². The van der Waals surface area contributed by atoms with Crippen molar-refractivity contribution in [3.63, 3.8) is 0 Å². The fourth-order valence-corrected chi connectivity index (χ4v) is 1.53. The third-order valence-electron chi connectivity index (χ3n) is 2.33. The molecule has 0 saturated carbocycles. The van der Waals surface area contributed by atoms with E-state index in [1.54, 1.807) is 23.2 Å². The Bertz CT molecular complexity index is 393. The molecule has 0 unspecified atom stereocenters. The second-order valence-corrected chi connectivity index (χ2v) is 3.50. The van der Waals surface area contributed by atoms with E-state index in [4.69, 9.17) is 0 Å². The first-order valence-electron chi connectivity index (χ1n) is 5.64. The van der Waals surface area contributed by atoms with E-state index in [2.05, 4.69) is 10.3 Å². The van der Waals surface area contributed by atoms with Crippen LogP contribution in [-0.4, -0.2) is 36.8 Å². The van der Waals surface area contributed by atoms with Gasteiger partial charge in [0.2, 0.25) is 5.91 Å². The number of nitrogens with one attached hydrogen (secondary N) is 1. The van der Waals surface area contributed by atoms with Crippen LogP contribution in [0.4, 0.5) is 5.82 Å². The van der Waals surface area contributed by atoms with Crippen molar-refractivity contribution in [1.82, 2.24) is 10.3 Å². The lowest BCUT2D eigenvalue weighted by Gasteiger charge is -2.22. The van der Waals surface area contributed by atoms with Crippen LogP contribution in [0.15, 0.2) is 18.3 Å². The van der Waals surface area contributed by atoms with Gasteiger partial charge in [0.1, 0.15) is 5.82 Å². The predicted octanol–water partition coefficient (Wildman–Crippen LogP) is 0.856. The molecule has 0 fully saturated rings. The number of hydrogen-bond acceptors (Lipinski definition) is 4. The molecule has 0 aliphatic rings. The van der Waals surface area contributed by atoms with Gasteiger partial charge in [0.25, 0.3) is 0 Å². The van der Waals surface area contributed by atoms with Crippen LogP contribution in [0.1, 0.15) is 24.2 Å². The number of rotatable bonds is 6. The van der Waals surface area contributed by atoms with E-state index in [1.807, 2.05) is 13.8 Å². The first-order valence-corrected chi connectivity index (χ1v) is 5.64. The maximum Gasteiger partial charge on any atom is 0.239 e. The SMILES string of the molecule is CCNC(=O)CN(CC)c1ncccc1C=O. The molecule has 17 heavy (non-hydrogen) atoms. The molecule has 1 heterocycles. The molecule has 92 valence electrons. The number of anilines is 1. The summed E-state index contributed by atoms with van der Waals surface area (Å²) in [5, 5.41) is 2.72. The Hall–Kier alpha value is -1.91. The fourth-order valence-electron chi connectivity index (χ4n) is 1.53. The standard InChI is InChI=1S/C12H17N3O2/c1-3-13-11(17)8-15(4-2)12-10(9-16)6-5-7-14-12/h5-7,9H,3-4,8H2,1-2H3,(H,13,17). The number of aldehydes is 1. The molecular formula is C12H17N3O2. The van der Waals surface area contributed by atoms with Crippen molar-refractivity contribution in [2.75, 3.05) is 24.5 Å². The Morgan fingerprint density at radius 2 is 2.29 bits per heavy atom. The summed E-state index contributed by atoms with van der Waals surface area (Å²) in [6, 6.07) is 3.39. The minimum Gasteiger partial charge on any atom is -0.355 e. The lowest BCUT2D eigenvalue weighted by Crippen LogP contribution is -2.37. The van der Waals surface area contributed by atoms with Crippen LogP contribution in [0.25, 0.3) is 0 Å². The number of nitrogens with zero attached hydrogens (tertiary/aromatic N) is 2. The van der Waals surface area contributed by atoms with E-state index >= 15 is 0 Å². The highest BCUT2D eigenvalue weighted by molar-refractivity contribution is 5.86. The van der Waals surface area contributed by atoms with Crippen molar-refractivity contribution >= 4 is 18.0 Å². The summed E-state index contributed by atoms with van der Waals surface area (Å²) in [6.45, 7) is 5.21. The van der Waals surface area contributed by atoms with Gasteiger partial charge < -0.3 is 10.2 Å². The number of hydrogen-bond donors (Lipinski definition) is 1. The van der Waals surface area contributed by atoms with Crippen LogP contribution in [0.3, 0.4) is 0 Å². The largest absolute Gasteiger partial charge is 0.355 e. The van der Waals surface area contributed by atoms with Crippen LogP contribution in [0, 0.1) is 0 Å². The van der Waals surface area contributed by atoms with Gasteiger partial charge in [-0.1, -0.05) is 0 Å².